The van der Waals surface area contributed by atoms with E-state index in [0.717, 1.165) is 29.0 Å². The molecule has 2 N–H and O–H groups in total. The summed E-state index contributed by atoms with van der Waals surface area (Å²) >= 11 is 3.39. The average molecular weight is 291 g/mol. The van der Waals surface area contributed by atoms with E-state index in [2.05, 4.69) is 37.3 Å². The van der Waals surface area contributed by atoms with Crippen LogP contribution in [0.1, 0.15) is 11.4 Å². The SMILES string of the molecule is N#Cc1ccc(Br)cc1NCCc1ncc[nH]1. The molecular formula is C12H11BrN4. The number of hydrogen-bond donors (Lipinski definition) is 2. The Morgan fingerprint density at radius 3 is 3.06 bits per heavy atom. The van der Waals surface area contributed by atoms with Crippen molar-refractivity contribution in [2.24, 2.45) is 0 Å². The highest BCUT2D eigenvalue weighted by atomic mass is 79.9. The van der Waals surface area contributed by atoms with Gasteiger partial charge in [-0.25, -0.2) is 4.98 Å². The Bertz CT molecular complexity index is 528. The summed E-state index contributed by atoms with van der Waals surface area (Å²) in [5.41, 5.74) is 1.49. The number of nitrogens with zero attached hydrogens (tertiary/aromatic N) is 2. The molecule has 17 heavy (non-hydrogen) atoms. The van der Waals surface area contributed by atoms with Crippen molar-refractivity contribution < 1.29 is 0 Å². The highest BCUT2D eigenvalue weighted by molar-refractivity contribution is 9.10. The molecule has 5 heteroatoms. The maximum Gasteiger partial charge on any atom is 0.107 e. The van der Waals surface area contributed by atoms with Crippen molar-refractivity contribution >= 4 is 21.6 Å². The molecule has 0 fully saturated rings. The first kappa shape index (κ1) is 11.7. The highest BCUT2D eigenvalue weighted by Gasteiger charge is 2.02. The quantitative estimate of drug-likeness (QED) is 0.910. The molecule has 1 aromatic heterocycles. The molecule has 0 bridgehead atoms. The van der Waals surface area contributed by atoms with Gasteiger partial charge in [-0.2, -0.15) is 5.26 Å². The minimum absolute atomic E-state index is 0.646. The van der Waals surface area contributed by atoms with Gasteiger partial charge in [0.1, 0.15) is 11.9 Å². The molecular weight excluding hydrogens is 280 g/mol. The standard InChI is InChI=1S/C12H11BrN4/c13-10-2-1-9(8-14)11(7-10)15-4-3-12-16-5-6-17-12/h1-2,5-7,15H,3-4H2,(H,16,17). The summed E-state index contributed by atoms with van der Waals surface area (Å²) in [4.78, 5) is 7.18. The number of anilines is 1. The van der Waals surface area contributed by atoms with Gasteiger partial charge >= 0.3 is 0 Å². The molecule has 2 aromatic rings. The summed E-state index contributed by atoms with van der Waals surface area (Å²) in [6.07, 6.45) is 4.33. The lowest BCUT2D eigenvalue weighted by atomic mass is 10.2. The molecule has 4 nitrogen and oxygen atoms in total. The highest BCUT2D eigenvalue weighted by Crippen LogP contribution is 2.20. The van der Waals surface area contributed by atoms with Crippen LogP contribution in [-0.4, -0.2) is 16.5 Å². The number of benzene rings is 1. The molecule has 0 aliphatic rings. The van der Waals surface area contributed by atoms with Crippen LogP contribution in [0.2, 0.25) is 0 Å². The average Bonchev–Trinajstić information content (AvgIpc) is 2.82. The van der Waals surface area contributed by atoms with Gasteiger partial charge in [0, 0.05) is 29.8 Å². The summed E-state index contributed by atoms with van der Waals surface area (Å²) in [5.74, 6) is 0.936. The van der Waals surface area contributed by atoms with Gasteiger partial charge < -0.3 is 10.3 Å². The first-order valence-electron chi connectivity index (χ1n) is 5.21. The van der Waals surface area contributed by atoms with E-state index >= 15 is 0 Å². The molecule has 0 saturated heterocycles. The van der Waals surface area contributed by atoms with Gasteiger partial charge in [0.15, 0.2) is 0 Å². The normalized spacial score (nSPS) is 9.88. The fourth-order valence-corrected chi connectivity index (χ4v) is 1.87. The molecule has 86 valence electrons. The van der Waals surface area contributed by atoms with E-state index in [1.807, 2.05) is 12.1 Å². The Labute approximate surface area is 108 Å². The van der Waals surface area contributed by atoms with Crippen LogP contribution in [0.25, 0.3) is 0 Å². The summed E-state index contributed by atoms with van der Waals surface area (Å²) in [7, 11) is 0. The van der Waals surface area contributed by atoms with Crippen molar-refractivity contribution in [3.05, 3.63) is 46.5 Å². The summed E-state index contributed by atoms with van der Waals surface area (Å²) in [6.45, 7) is 0.735. The molecule has 0 atom stereocenters. The largest absolute Gasteiger partial charge is 0.383 e. The first-order valence-corrected chi connectivity index (χ1v) is 6.00. The van der Waals surface area contributed by atoms with E-state index in [1.54, 1.807) is 18.5 Å². The number of aromatic nitrogens is 2. The topological polar surface area (TPSA) is 64.5 Å². The van der Waals surface area contributed by atoms with Crippen LogP contribution in [0, 0.1) is 11.3 Å². The maximum absolute atomic E-state index is 8.97. The van der Waals surface area contributed by atoms with Gasteiger partial charge in [-0.1, -0.05) is 15.9 Å². The van der Waals surface area contributed by atoms with E-state index in [1.165, 1.54) is 0 Å². The number of nitrogens with one attached hydrogen (secondary N) is 2. The van der Waals surface area contributed by atoms with Crippen LogP contribution in [-0.2, 0) is 6.42 Å². The monoisotopic (exact) mass is 290 g/mol. The van der Waals surface area contributed by atoms with E-state index in [4.69, 9.17) is 5.26 Å². The van der Waals surface area contributed by atoms with Crippen molar-refractivity contribution in [2.45, 2.75) is 6.42 Å². The third-order valence-electron chi connectivity index (χ3n) is 2.33. The number of rotatable bonds is 4. The van der Waals surface area contributed by atoms with Crippen molar-refractivity contribution in [3.8, 4) is 6.07 Å². The lowest BCUT2D eigenvalue weighted by Crippen LogP contribution is -2.07. The van der Waals surface area contributed by atoms with Crippen LogP contribution in [0.3, 0.4) is 0 Å². The third kappa shape index (κ3) is 3.08. The van der Waals surface area contributed by atoms with Crippen molar-refractivity contribution in [3.63, 3.8) is 0 Å². The number of aromatic amines is 1. The van der Waals surface area contributed by atoms with Crippen LogP contribution in [0.15, 0.2) is 35.1 Å². The number of halogens is 1. The van der Waals surface area contributed by atoms with E-state index in [-0.39, 0.29) is 0 Å². The summed E-state index contributed by atoms with van der Waals surface area (Å²) in [5, 5.41) is 12.2. The first-order chi connectivity index (χ1) is 8.29. The predicted octanol–water partition coefficient (Wildman–Crippen LogP) is 2.70. The van der Waals surface area contributed by atoms with Gasteiger partial charge in [0.25, 0.3) is 0 Å². The molecule has 0 unspecified atom stereocenters. The Hall–Kier alpha value is -1.80. The zero-order valence-corrected chi connectivity index (χ0v) is 10.7. The molecule has 0 spiro atoms. The summed E-state index contributed by atoms with van der Waals surface area (Å²) in [6, 6.07) is 7.71. The van der Waals surface area contributed by atoms with Gasteiger partial charge in [-0.3, -0.25) is 0 Å². The van der Waals surface area contributed by atoms with Crippen LogP contribution in [0.5, 0.6) is 0 Å². The molecule has 1 aromatic carbocycles. The van der Waals surface area contributed by atoms with Gasteiger partial charge in [-0.15, -0.1) is 0 Å². The lowest BCUT2D eigenvalue weighted by Gasteiger charge is -2.07. The van der Waals surface area contributed by atoms with E-state index in [0.29, 0.717) is 5.56 Å². The van der Waals surface area contributed by atoms with E-state index < -0.39 is 0 Å². The predicted molar refractivity (Wildman–Crippen MR) is 69.6 cm³/mol. The van der Waals surface area contributed by atoms with E-state index in [9.17, 15) is 0 Å². The maximum atomic E-state index is 8.97. The van der Waals surface area contributed by atoms with Crippen molar-refractivity contribution in [1.82, 2.24) is 9.97 Å². The van der Waals surface area contributed by atoms with Crippen LogP contribution < -0.4 is 5.32 Å². The number of imidazole rings is 1. The van der Waals surface area contributed by atoms with Gasteiger partial charge in [0.2, 0.25) is 0 Å². The number of nitriles is 1. The fourth-order valence-electron chi connectivity index (χ4n) is 1.51. The second-order valence-electron chi connectivity index (χ2n) is 3.51. The smallest absolute Gasteiger partial charge is 0.107 e. The molecule has 2 rings (SSSR count). The minimum atomic E-state index is 0.646. The Kier molecular flexibility index (Phi) is 3.78. The fraction of sp³-hybridized carbons (Fsp3) is 0.167. The lowest BCUT2D eigenvalue weighted by molar-refractivity contribution is 0.927. The molecule has 0 aliphatic heterocycles. The number of H-pyrrole nitrogens is 1. The van der Waals surface area contributed by atoms with Gasteiger partial charge in [0.05, 0.1) is 11.3 Å². The molecule has 0 radical (unpaired) electrons. The number of hydrogen-bond acceptors (Lipinski definition) is 3. The third-order valence-corrected chi connectivity index (χ3v) is 2.83. The Morgan fingerprint density at radius 2 is 2.35 bits per heavy atom. The molecule has 0 saturated carbocycles. The summed E-state index contributed by atoms with van der Waals surface area (Å²) < 4.78 is 0.956. The zero-order valence-electron chi connectivity index (χ0n) is 9.07. The minimum Gasteiger partial charge on any atom is -0.383 e. The van der Waals surface area contributed by atoms with Crippen LogP contribution >= 0.6 is 15.9 Å². The van der Waals surface area contributed by atoms with Crippen LogP contribution in [0.4, 0.5) is 5.69 Å². The molecule has 0 aliphatic carbocycles. The second kappa shape index (κ2) is 5.51. The van der Waals surface area contributed by atoms with Crippen molar-refractivity contribution in [2.75, 3.05) is 11.9 Å². The molecule has 1 heterocycles. The Morgan fingerprint density at radius 1 is 1.47 bits per heavy atom. The second-order valence-corrected chi connectivity index (χ2v) is 4.43. The zero-order chi connectivity index (χ0) is 12.1. The van der Waals surface area contributed by atoms with Gasteiger partial charge in [-0.05, 0) is 18.2 Å². The van der Waals surface area contributed by atoms with Crippen molar-refractivity contribution in [1.29, 1.82) is 5.26 Å². The Balaban J connectivity index is 1.99. The molecule has 0 amide bonds.